The number of hydrogen-bond acceptors (Lipinski definition) is 3. The molecule has 3 heteroatoms. The van der Waals surface area contributed by atoms with Gasteiger partial charge >= 0.3 is 5.97 Å². The topological polar surface area (TPSA) is 43.4 Å². The summed E-state index contributed by atoms with van der Waals surface area (Å²) in [6.07, 6.45) is 15.3. The molecule has 1 aromatic carbocycles. The van der Waals surface area contributed by atoms with Gasteiger partial charge < -0.3 is 4.74 Å². The van der Waals surface area contributed by atoms with Crippen molar-refractivity contribution in [2.45, 2.75) is 53.9 Å². The maximum atomic E-state index is 12.0. The monoisotopic (exact) mass is 418 g/mol. The van der Waals surface area contributed by atoms with Crippen LogP contribution in [-0.4, -0.2) is 18.4 Å². The third-order valence-corrected chi connectivity index (χ3v) is 5.56. The van der Waals surface area contributed by atoms with E-state index >= 15 is 0 Å². The number of hydrogen-bond donors (Lipinski definition) is 0. The van der Waals surface area contributed by atoms with Gasteiger partial charge in [0.2, 0.25) is 0 Å². The lowest BCUT2D eigenvalue weighted by Gasteiger charge is -2.32. The van der Waals surface area contributed by atoms with Crippen LogP contribution < -0.4 is 0 Å². The van der Waals surface area contributed by atoms with Gasteiger partial charge in [0.25, 0.3) is 0 Å². The Labute approximate surface area is 186 Å². The van der Waals surface area contributed by atoms with Crippen LogP contribution in [0.15, 0.2) is 89.1 Å². The maximum absolute atomic E-state index is 12.0. The van der Waals surface area contributed by atoms with E-state index in [4.69, 9.17) is 4.74 Å². The van der Waals surface area contributed by atoms with Crippen LogP contribution in [0, 0.1) is 5.41 Å². The number of ether oxygens (including phenoxy) is 1. The minimum atomic E-state index is -0.519. The Kier molecular flexibility index (Phi) is 8.99. The summed E-state index contributed by atoms with van der Waals surface area (Å²) in [5, 5.41) is 0. The molecule has 31 heavy (non-hydrogen) atoms. The molecule has 0 unspecified atom stereocenters. The molecule has 0 aliphatic heterocycles. The lowest BCUT2D eigenvalue weighted by atomic mass is 9.72. The van der Waals surface area contributed by atoms with Crippen molar-refractivity contribution in [2.24, 2.45) is 5.41 Å². The smallest absolute Gasteiger partial charge is 0.331 e. The van der Waals surface area contributed by atoms with Gasteiger partial charge in [-0.05, 0) is 56.6 Å². The van der Waals surface area contributed by atoms with Crippen molar-refractivity contribution in [1.29, 1.82) is 0 Å². The molecule has 0 amide bonds. The SMILES string of the molecule is CC1=C(/C=C/C(C)=C\C=C\C(C)=C/C(=O)OCC(=O)c2ccccc2)C(C)(C)CCC1. The van der Waals surface area contributed by atoms with Crippen molar-refractivity contribution in [2.75, 3.05) is 6.61 Å². The fourth-order valence-corrected chi connectivity index (χ4v) is 3.75. The zero-order valence-electron chi connectivity index (χ0n) is 19.4. The number of carbonyl (C=O) groups is 2. The van der Waals surface area contributed by atoms with Gasteiger partial charge in [0, 0.05) is 11.6 Å². The molecule has 0 aromatic heterocycles. The highest BCUT2D eigenvalue weighted by molar-refractivity contribution is 5.98. The summed E-state index contributed by atoms with van der Waals surface area (Å²) < 4.78 is 5.06. The first-order valence-corrected chi connectivity index (χ1v) is 10.9. The van der Waals surface area contributed by atoms with Gasteiger partial charge in [-0.15, -0.1) is 0 Å². The second kappa shape index (κ2) is 11.5. The third kappa shape index (κ3) is 8.01. The summed E-state index contributed by atoms with van der Waals surface area (Å²) in [6.45, 7) is 10.5. The highest BCUT2D eigenvalue weighted by atomic mass is 16.5. The summed E-state index contributed by atoms with van der Waals surface area (Å²) >= 11 is 0. The first kappa shape index (κ1) is 24.3. The number of allylic oxidation sites excluding steroid dienone is 9. The van der Waals surface area contributed by atoms with Crippen LogP contribution in [0.3, 0.4) is 0 Å². The van der Waals surface area contributed by atoms with Crippen molar-refractivity contribution < 1.29 is 14.3 Å². The molecule has 0 heterocycles. The van der Waals surface area contributed by atoms with E-state index in [9.17, 15) is 9.59 Å². The van der Waals surface area contributed by atoms with Crippen LogP contribution in [0.5, 0.6) is 0 Å². The summed E-state index contributed by atoms with van der Waals surface area (Å²) in [5.41, 5.74) is 5.60. The van der Waals surface area contributed by atoms with E-state index in [-0.39, 0.29) is 17.8 Å². The number of ketones is 1. The van der Waals surface area contributed by atoms with Crippen LogP contribution in [0.1, 0.15) is 64.2 Å². The molecule has 0 spiro atoms. The fourth-order valence-electron chi connectivity index (χ4n) is 3.75. The molecule has 0 saturated carbocycles. The molecular weight excluding hydrogens is 384 g/mol. The molecule has 164 valence electrons. The summed E-state index contributed by atoms with van der Waals surface area (Å²) in [6, 6.07) is 8.81. The van der Waals surface area contributed by atoms with Crippen LogP contribution >= 0.6 is 0 Å². The van der Waals surface area contributed by atoms with Gasteiger partial charge in [0.1, 0.15) is 0 Å². The molecule has 0 saturated heterocycles. The molecule has 0 N–H and O–H groups in total. The molecule has 1 aromatic rings. The highest BCUT2D eigenvalue weighted by Gasteiger charge is 2.26. The molecule has 0 bridgehead atoms. The Morgan fingerprint density at radius 1 is 1.06 bits per heavy atom. The van der Waals surface area contributed by atoms with Crippen molar-refractivity contribution in [3.8, 4) is 0 Å². The predicted octanol–water partition coefficient (Wildman–Crippen LogP) is 6.94. The van der Waals surface area contributed by atoms with Gasteiger partial charge in [-0.2, -0.15) is 0 Å². The zero-order chi connectivity index (χ0) is 22.9. The van der Waals surface area contributed by atoms with E-state index in [1.54, 1.807) is 24.3 Å². The first-order valence-electron chi connectivity index (χ1n) is 10.9. The standard InChI is InChI=1S/C28H34O3/c1-21(16-17-25-23(3)13-10-18-28(25,4)5)11-9-12-22(2)19-27(30)31-20-26(29)24-14-7-6-8-15-24/h6-9,11-12,14-17,19H,10,13,18,20H2,1-5H3/b12-9+,17-16+,21-11-,22-19-. The molecule has 0 fully saturated rings. The van der Waals surface area contributed by atoms with Gasteiger partial charge in [-0.3, -0.25) is 4.79 Å². The lowest BCUT2D eigenvalue weighted by Crippen LogP contribution is -2.19. The van der Waals surface area contributed by atoms with E-state index in [1.165, 1.54) is 36.5 Å². The molecule has 0 radical (unpaired) electrons. The Morgan fingerprint density at radius 2 is 1.77 bits per heavy atom. The highest BCUT2D eigenvalue weighted by Crippen LogP contribution is 2.40. The lowest BCUT2D eigenvalue weighted by molar-refractivity contribution is -0.136. The normalized spacial score (nSPS) is 17.5. The second-order valence-corrected chi connectivity index (χ2v) is 8.82. The van der Waals surface area contributed by atoms with Gasteiger partial charge in [-0.25, -0.2) is 4.79 Å². The molecule has 3 nitrogen and oxygen atoms in total. The number of rotatable bonds is 8. The molecular formula is C28H34O3. The zero-order valence-corrected chi connectivity index (χ0v) is 19.4. The maximum Gasteiger partial charge on any atom is 0.331 e. The van der Waals surface area contributed by atoms with Crippen molar-refractivity contribution in [3.05, 3.63) is 94.6 Å². The van der Waals surface area contributed by atoms with Gasteiger partial charge in [0.15, 0.2) is 12.4 Å². The Morgan fingerprint density at radius 3 is 2.45 bits per heavy atom. The number of carbonyl (C=O) groups excluding carboxylic acids is 2. The predicted molar refractivity (Wildman–Crippen MR) is 128 cm³/mol. The van der Waals surface area contributed by atoms with Gasteiger partial charge in [0.05, 0.1) is 0 Å². The Bertz CT molecular complexity index is 938. The average Bonchev–Trinajstić information content (AvgIpc) is 2.71. The van der Waals surface area contributed by atoms with Crippen LogP contribution in [0.2, 0.25) is 0 Å². The van der Waals surface area contributed by atoms with Gasteiger partial charge in [-0.1, -0.05) is 85.7 Å². The largest absolute Gasteiger partial charge is 0.454 e. The minimum absolute atomic E-state index is 0.215. The van der Waals surface area contributed by atoms with E-state index < -0.39 is 5.97 Å². The van der Waals surface area contributed by atoms with Crippen molar-refractivity contribution >= 4 is 11.8 Å². The fraction of sp³-hybridized carbons (Fsp3) is 0.357. The number of esters is 1. The summed E-state index contributed by atoms with van der Waals surface area (Å²) in [4.78, 5) is 23.9. The second-order valence-electron chi connectivity index (χ2n) is 8.82. The Balaban J connectivity index is 1.89. The van der Waals surface area contributed by atoms with Crippen LogP contribution in [0.4, 0.5) is 0 Å². The van der Waals surface area contributed by atoms with E-state index in [0.717, 1.165) is 11.1 Å². The van der Waals surface area contributed by atoms with Crippen molar-refractivity contribution in [3.63, 3.8) is 0 Å². The van der Waals surface area contributed by atoms with E-state index in [1.807, 2.05) is 31.2 Å². The van der Waals surface area contributed by atoms with Crippen LogP contribution in [-0.2, 0) is 9.53 Å². The summed E-state index contributed by atoms with van der Waals surface area (Å²) in [5.74, 6) is -0.735. The average molecular weight is 419 g/mol. The molecule has 1 aliphatic carbocycles. The van der Waals surface area contributed by atoms with Crippen molar-refractivity contribution in [1.82, 2.24) is 0 Å². The van der Waals surface area contributed by atoms with E-state index in [2.05, 4.69) is 39.8 Å². The first-order chi connectivity index (χ1) is 14.7. The minimum Gasteiger partial charge on any atom is -0.454 e. The molecule has 2 rings (SSSR count). The summed E-state index contributed by atoms with van der Waals surface area (Å²) in [7, 11) is 0. The number of benzene rings is 1. The van der Waals surface area contributed by atoms with Crippen LogP contribution in [0.25, 0.3) is 0 Å². The number of Topliss-reactive ketones (excluding diaryl/α,β-unsaturated/α-hetero) is 1. The Hall–Kier alpha value is -2.94. The molecule has 0 atom stereocenters. The third-order valence-electron chi connectivity index (χ3n) is 5.56. The quantitative estimate of drug-likeness (QED) is 0.199. The van der Waals surface area contributed by atoms with E-state index in [0.29, 0.717) is 5.56 Å². The molecule has 1 aliphatic rings.